The second-order valence-corrected chi connectivity index (χ2v) is 4.59. The van der Waals surface area contributed by atoms with Gasteiger partial charge in [-0.15, -0.1) is 0 Å². The Bertz CT molecular complexity index is 199. The van der Waals surface area contributed by atoms with Crippen LogP contribution in [0.4, 0.5) is 4.79 Å². The molecule has 88 valence electrons. The third kappa shape index (κ3) is 4.51. The zero-order valence-electron chi connectivity index (χ0n) is 10.0. The van der Waals surface area contributed by atoms with E-state index >= 15 is 0 Å². The largest absolute Gasteiger partial charge is 0.448 e. The molecule has 1 heterocycles. The number of likely N-dealkylation sites (N-methyl/N-ethyl adjacent to an activating group) is 1. The van der Waals surface area contributed by atoms with Crippen molar-refractivity contribution in [2.24, 2.45) is 5.92 Å². The summed E-state index contributed by atoms with van der Waals surface area (Å²) in [6.45, 7) is 5.20. The molecule has 0 aromatic heterocycles. The maximum Gasteiger partial charge on any atom is 0.409 e. The molecular weight excluding hydrogens is 192 g/mol. The van der Waals surface area contributed by atoms with Crippen molar-refractivity contribution in [3.63, 3.8) is 0 Å². The van der Waals surface area contributed by atoms with Gasteiger partial charge in [-0.1, -0.05) is 6.92 Å². The van der Waals surface area contributed by atoms with Crippen molar-refractivity contribution in [3.8, 4) is 0 Å². The number of nitrogens with zero attached hydrogens (tertiary/aromatic N) is 2. The molecule has 1 fully saturated rings. The van der Waals surface area contributed by atoms with Gasteiger partial charge in [-0.05, 0) is 32.9 Å². The molecule has 0 bridgehead atoms. The van der Waals surface area contributed by atoms with Gasteiger partial charge in [0.25, 0.3) is 0 Å². The molecule has 0 saturated carbocycles. The number of carbonyl (C=O) groups is 1. The minimum Gasteiger partial charge on any atom is -0.448 e. The summed E-state index contributed by atoms with van der Waals surface area (Å²) >= 11 is 0. The van der Waals surface area contributed by atoms with E-state index in [2.05, 4.69) is 6.92 Å². The molecule has 4 nitrogen and oxygen atoms in total. The second-order valence-electron chi connectivity index (χ2n) is 4.59. The summed E-state index contributed by atoms with van der Waals surface area (Å²) in [5.74, 6) is 0.746. The highest BCUT2D eigenvalue weighted by Gasteiger charge is 2.20. The summed E-state index contributed by atoms with van der Waals surface area (Å²) in [5, 5.41) is 0. The number of hydrogen-bond acceptors (Lipinski definition) is 3. The molecule has 4 heteroatoms. The lowest BCUT2D eigenvalue weighted by Gasteiger charge is -2.29. The molecule has 1 saturated heterocycles. The van der Waals surface area contributed by atoms with Crippen molar-refractivity contribution < 1.29 is 9.53 Å². The van der Waals surface area contributed by atoms with Gasteiger partial charge in [0.1, 0.15) is 6.61 Å². The molecule has 0 aromatic carbocycles. The van der Waals surface area contributed by atoms with Gasteiger partial charge < -0.3 is 14.5 Å². The van der Waals surface area contributed by atoms with E-state index in [1.807, 2.05) is 23.9 Å². The van der Waals surface area contributed by atoms with Crippen molar-refractivity contribution >= 4 is 6.09 Å². The second kappa shape index (κ2) is 5.95. The van der Waals surface area contributed by atoms with E-state index in [0.717, 1.165) is 38.4 Å². The fraction of sp³-hybridized carbons (Fsp3) is 0.909. The summed E-state index contributed by atoms with van der Waals surface area (Å²) in [6.07, 6.45) is 2.05. The molecule has 1 rings (SSSR count). The number of amides is 1. The van der Waals surface area contributed by atoms with Gasteiger partial charge >= 0.3 is 6.09 Å². The van der Waals surface area contributed by atoms with Crippen LogP contribution in [0.25, 0.3) is 0 Å². The molecule has 1 aliphatic heterocycles. The van der Waals surface area contributed by atoms with Gasteiger partial charge in [-0.25, -0.2) is 4.79 Å². The number of carbonyl (C=O) groups excluding carboxylic acids is 1. The average Bonchev–Trinajstić information content (AvgIpc) is 2.18. The maximum absolute atomic E-state index is 11.6. The Morgan fingerprint density at radius 1 is 1.40 bits per heavy atom. The van der Waals surface area contributed by atoms with Gasteiger partial charge in [0, 0.05) is 19.6 Å². The van der Waals surface area contributed by atoms with E-state index in [1.54, 1.807) is 0 Å². The molecule has 0 aliphatic carbocycles. The van der Waals surface area contributed by atoms with E-state index < -0.39 is 0 Å². The molecule has 0 radical (unpaired) electrons. The van der Waals surface area contributed by atoms with Crippen LogP contribution in [0.2, 0.25) is 0 Å². The predicted octanol–water partition coefficient (Wildman–Crippen LogP) is 1.42. The predicted molar refractivity (Wildman–Crippen MR) is 59.9 cm³/mol. The Kier molecular flexibility index (Phi) is 4.88. The standard InChI is InChI=1S/C11H22N2O2/c1-10-4-6-13(7-5-10)11(14)15-9-8-12(2)3/h10H,4-9H2,1-3H3. The highest BCUT2D eigenvalue weighted by molar-refractivity contribution is 5.67. The first kappa shape index (κ1) is 12.3. The normalized spacial score (nSPS) is 18.3. The summed E-state index contributed by atoms with van der Waals surface area (Å²) in [4.78, 5) is 15.4. The van der Waals surface area contributed by atoms with Crippen LogP contribution in [0.3, 0.4) is 0 Å². The Morgan fingerprint density at radius 3 is 2.53 bits per heavy atom. The van der Waals surface area contributed by atoms with E-state index in [4.69, 9.17) is 4.74 Å². The highest BCUT2D eigenvalue weighted by atomic mass is 16.6. The summed E-state index contributed by atoms with van der Waals surface area (Å²) in [6, 6.07) is 0. The molecular formula is C11H22N2O2. The molecule has 0 atom stereocenters. The van der Waals surface area contributed by atoms with Crippen LogP contribution in [0.5, 0.6) is 0 Å². The average molecular weight is 214 g/mol. The quantitative estimate of drug-likeness (QED) is 0.712. The summed E-state index contributed by atoms with van der Waals surface area (Å²) in [7, 11) is 3.94. The van der Waals surface area contributed by atoms with Crippen molar-refractivity contribution in [1.82, 2.24) is 9.80 Å². The van der Waals surface area contributed by atoms with Crippen LogP contribution in [-0.2, 0) is 4.74 Å². The van der Waals surface area contributed by atoms with Crippen molar-refractivity contribution in [2.75, 3.05) is 40.3 Å². The van der Waals surface area contributed by atoms with E-state index in [-0.39, 0.29) is 6.09 Å². The zero-order chi connectivity index (χ0) is 11.3. The monoisotopic (exact) mass is 214 g/mol. The van der Waals surface area contributed by atoms with Gasteiger partial charge in [0.15, 0.2) is 0 Å². The van der Waals surface area contributed by atoms with Gasteiger partial charge in [0.2, 0.25) is 0 Å². The number of likely N-dealkylation sites (tertiary alicyclic amines) is 1. The Morgan fingerprint density at radius 2 is 2.00 bits per heavy atom. The minimum absolute atomic E-state index is 0.149. The fourth-order valence-corrected chi connectivity index (χ4v) is 1.60. The lowest BCUT2D eigenvalue weighted by Crippen LogP contribution is -2.39. The SMILES string of the molecule is CC1CCN(C(=O)OCCN(C)C)CC1. The fourth-order valence-electron chi connectivity index (χ4n) is 1.60. The van der Waals surface area contributed by atoms with Gasteiger partial charge in [-0.3, -0.25) is 0 Å². The zero-order valence-corrected chi connectivity index (χ0v) is 10.0. The van der Waals surface area contributed by atoms with Crippen LogP contribution in [-0.4, -0.2) is 56.2 Å². The Hall–Kier alpha value is -0.770. The van der Waals surface area contributed by atoms with Crippen LogP contribution in [0.1, 0.15) is 19.8 Å². The smallest absolute Gasteiger partial charge is 0.409 e. The van der Waals surface area contributed by atoms with Crippen LogP contribution < -0.4 is 0 Å². The van der Waals surface area contributed by atoms with Crippen molar-refractivity contribution in [3.05, 3.63) is 0 Å². The molecule has 0 N–H and O–H groups in total. The summed E-state index contributed by atoms with van der Waals surface area (Å²) < 4.78 is 5.17. The van der Waals surface area contributed by atoms with Crippen molar-refractivity contribution in [2.45, 2.75) is 19.8 Å². The molecule has 0 spiro atoms. The first-order chi connectivity index (χ1) is 7.09. The number of rotatable bonds is 3. The molecule has 15 heavy (non-hydrogen) atoms. The molecule has 0 unspecified atom stereocenters. The van der Waals surface area contributed by atoms with Crippen LogP contribution in [0.15, 0.2) is 0 Å². The summed E-state index contributed by atoms with van der Waals surface area (Å²) in [5.41, 5.74) is 0. The van der Waals surface area contributed by atoms with Crippen LogP contribution >= 0.6 is 0 Å². The first-order valence-electron chi connectivity index (χ1n) is 5.66. The van der Waals surface area contributed by atoms with Crippen LogP contribution in [0, 0.1) is 5.92 Å². The van der Waals surface area contributed by atoms with Gasteiger partial charge in [0.05, 0.1) is 0 Å². The topological polar surface area (TPSA) is 32.8 Å². The number of hydrogen-bond donors (Lipinski definition) is 0. The van der Waals surface area contributed by atoms with Gasteiger partial charge in [-0.2, -0.15) is 0 Å². The Balaban J connectivity index is 2.17. The minimum atomic E-state index is -0.149. The van der Waals surface area contributed by atoms with Crippen molar-refractivity contribution in [1.29, 1.82) is 0 Å². The third-order valence-corrected chi connectivity index (χ3v) is 2.81. The lowest BCUT2D eigenvalue weighted by atomic mass is 10.00. The maximum atomic E-state index is 11.6. The first-order valence-corrected chi connectivity index (χ1v) is 5.66. The van der Waals surface area contributed by atoms with E-state index in [1.165, 1.54) is 0 Å². The third-order valence-electron chi connectivity index (χ3n) is 2.81. The Labute approximate surface area is 92.2 Å². The number of piperidine rings is 1. The number of ether oxygens (including phenoxy) is 1. The highest BCUT2D eigenvalue weighted by Crippen LogP contribution is 2.16. The molecule has 1 amide bonds. The molecule has 0 aromatic rings. The van der Waals surface area contributed by atoms with E-state index in [9.17, 15) is 4.79 Å². The molecule has 1 aliphatic rings. The van der Waals surface area contributed by atoms with E-state index in [0.29, 0.717) is 6.61 Å². The lowest BCUT2D eigenvalue weighted by molar-refractivity contribution is 0.0840.